The Morgan fingerprint density at radius 3 is 2.88 bits per heavy atom. The summed E-state index contributed by atoms with van der Waals surface area (Å²) in [5.41, 5.74) is 1.57. The fourth-order valence-electron chi connectivity index (χ4n) is 2.38. The molecule has 2 rings (SSSR count). The van der Waals surface area contributed by atoms with Crippen molar-refractivity contribution >= 4 is 5.91 Å². The first-order valence-corrected chi connectivity index (χ1v) is 8.37. The molecule has 1 N–H and O–H groups in total. The number of hydrogen-bond acceptors (Lipinski definition) is 3. The van der Waals surface area contributed by atoms with Crippen LogP contribution in [-0.4, -0.2) is 22.3 Å². The van der Waals surface area contributed by atoms with Gasteiger partial charge in [-0.3, -0.25) is 9.48 Å². The first kappa shape index (κ1) is 18.7. The van der Waals surface area contributed by atoms with Crippen molar-refractivity contribution in [3.05, 3.63) is 59.2 Å². The fraction of sp³-hybridized carbons (Fsp3) is 0.368. The summed E-state index contributed by atoms with van der Waals surface area (Å²) >= 11 is 0. The molecule has 134 valence electrons. The number of aryl methyl sites for hydroxylation is 2. The summed E-state index contributed by atoms with van der Waals surface area (Å²) in [5.74, 6) is -0.562. The third-order valence-corrected chi connectivity index (χ3v) is 3.67. The fourth-order valence-corrected chi connectivity index (χ4v) is 2.38. The molecule has 2 aromatic rings. The summed E-state index contributed by atoms with van der Waals surface area (Å²) in [6.07, 6.45) is 5.93. The average molecular weight is 345 g/mol. The number of ether oxygens (including phenoxy) is 1. The summed E-state index contributed by atoms with van der Waals surface area (Å²) in [6, 6.07) is 6.61. The predicted octanol–water partition coefficient (Wildman–Crippen LogP) is 3.53. The molecular weight excluding hydrogens is 321 g/mol. The van der Waals surface area contributed by atoms with Crippen molar-refractivity contribution in [3.63, 3.8) is 0 Å². The molecule has 0 atom stereocenters. The number of carbonyl (C=O) groups excluding carboxylic acids is 1. The summed E-state index contributed by atoms with van der Waals surface area (Å²) in [4.78, 5) is 12.2. The maximum atomic E-state index is 14.5. The monoisotopic (exact) mass is 345 g/mol. The Hall–Kier alpha value is -2.63. The zero-order valence-electron chi connectivity index (χ0n) is 14.9. The Bertz CT molecular complexity index is 753. The molecule has 0 fully saturated rings. The van der Waals surface area contributed by atoms with Gasteiger partial charge in [0.2, 0.25) is 0 Å². The topological polar surface area (TPSA) is 56.1 Å². The number of nitrogens with one attached hydrogen (secondary N) is 1. The van der Waals surface area contributed by atoms with Crippen molar-refractivity contribution < 1.29 is 13.9 Å². The minimum atomic E-state index is -0.451. The molecule has 0 aliphatic rings. The number of unbranched alkanes of at least 4 members (excludes halogenated alkanes) is 1. The van der Waals surface area contributed by atoms with E-state index in [-0.39, 0.29) is 18.2 Å². The molecule has 0 aliphatic carbocycles. The standard InChI is InChI=1S/C19H24FN3O2/c1-4-5-6-7-11-25-17-10-8-9-15(18(17)20)13-21-19(24)16-12-14(2)22-23(16)3/h6-10,12H,4-5,11,13H2,1-3H3,(H,21,24). The van der Waals surface area contributed by atoms with Gasteiger partial charge in [0.25, 0.3) is 5.91 Å². The molecule has 1 heterocycles. The number of rotatable bonds is 8. The van der Waals surface area contributed by atoms with E-state index < -0.39 is 5.82 Å². The Labute approximate surface area is 147 Å². The van der Waals surface area contributed by atoms with Crippen LogP contribution in [0.1, 0.15) is 41.5 Å². The molecule has 25 heavy (non-hydrogen) atoms. The van der Waals surface area contributed by atoms with E-state index in [0.29, 0.717) is 17.9 Å². The summed E-state index contributed by atoms with van der Waals surface area (Å²) in [5, 5.41) is 6.84. The van der Waals surface area contributed by atoms with Crippen molar-refractivity contribution in [1.82, 2.24) is 15.1 Å². The number of benzene rings is 1. The normalized spacial score (nSPS) is 11.0. The van der Waals surface area contributed by atoms with Crippen LogP contribution in [0.15, 0.2) is 36.4 Å². The highest BCUT2D eigenvalue weighted by atomic mass is 19.1. The van der Waals surface area contributed by atoms with E-state index in [9.17, 15) is 9.18 Å². The quantitative estimate of drug-likeness (QED) is 0.745. The molecule has 1 amide bonds. The molecular formula is C19H24FN3O2. The van der Waals surface area contributed by atoms with E-state index in [1.165, 1.54) is 4.68 Å². The van der Waals surface area contributed by atoms with Crippen molar-refractivity contribution in [2.45, 2.75) is 33.2 Å². The van der Waals surface area contributed by atoms with Crippen LogP contribution in [0.3, 0.4) is 0 Å². The Morgan fingerprint density at radius 1 is 1.40 bits per heavy atom. The van der Waals surface area contributed by atoms with Crippen molar-refractivity contribution in [3.8, 4) is 5.75 Å². The van der Waals surface area contributed by atoms with Gasteiger partial charge in [-0.1, -0.05) is 37.6 Å². The zero-order chi connectivity index (χ0) is 18.2. The second-order valence-electron chi connectivity index (χ2n) is 5.78. The number of hydrogen-bond donors (Lipinski definition) is 1. The lowest BCUT2D eigenvalue weighted by Crippen LogP contribution is -2.25. The number of nitrogens with zero attached hydrogens (tertiary/aromatic N) is 2. The highest BCUT2D eigenvalue weighted by molar-refractivity contribution is 5.92. The third-order valence-electron chi connectivity index (χ3n) is 3.67. The maximum Gasteiger partial charge on any atom is 0.269 e. The number of aromatic nitrogens is 2. The van der Waals surface area contributed by atoms with Crippen LogP contribution in [0.5, 0.6) is 5.75 Å². The van der Waals surface area contributed by atoms with Gasteiger partial charge in [-0.25, -0.2) is 4.39 Å². The zero-order valence-corrected chi connectivity index (χ0v) is 14.9. The van der Waals surface area contributed by atoms with E-state index in [2.05, 4.69) is 17.3 Å². The summed E-state index contributed by atoms with van der Waals surface area (Å²) < 4.78 is 21.4. The van der Waals surface area contributed by atoms with Gasteiger partial charge in [-0.15, -0.1) is 0 Å². The van der Waals surface area contributed by atoms with E-state index in [4.69, 9.17) is 4.74 Å². The lowest BCUT2D eigenvalue weighted by atomic mass is 10.2. The Balaban J connectivity index is 1.97. The lowest BCUT2D eigenvalue weighted by molar-refractivity contribution is 0.0941. The lowest BCUT2D eigenvalue weighted by Gasteiger charge is -2.10. The summed E-state index contributed by atoms with van der Waals surface area (Å²) in [6.45, 7) is 4.31. The highest BCUT2D eigenvalue weighted by Crippen LogP contribution is 2.20. The first-order valence-electron chi connectivity index (χ1n) is 8.37. The summed E-state index contributed by atoms with van der Waals surface area (Å²) in [7, 11) is 1.70. The molecule has 0 aliphatic heterocycles. The Morgan fingerprint density at radius 2 is 2.20 bits per heavy atom. The van der Waals surface area contributed by atoms with Crippen molar-refractivity contribution in [2.75, 3.05) is 6.61 Å². The molecule has 5 nitrogen and oxygen atoms in total. The van der Waals surface area contributed by atoms with Crippen LogP contribution in [0.2, 0.25) is 0 Å². The van der Waals surface area contributed by atoms with Gasteiger partial charge in [-0.05, 0) is 25.5 Å². The van der Waals surface area contributed by atoms with Gasteiger partial charge >= 0.3 is 0 Å². The van der Waals surface area contributed by atoms with Crippen molar-refractivity contribution in [2.24, 2.45) is 7.05 Å². The van der Waals surface area contributed by atoms with Crippen LogP contribution >= 0.6 is 0 Å². The van der Waals surface area contributed by atoms with E-state index in [0.717, 1.165) is 18.5 Å². The van der Waals surface area contributed by atoms with Gasteiger partial charge in [0.15, 0.2) is 11.6 Å². The molecule has 0 unspecified atom stereocenters. The van der Waals surface area contributed by atoms with Gasteiger partial charge in [-0.2, -0.15) is 5.10 Å². The molecule has 1 aromatic carbocycles. The first-order chi connectivity index (χ1) is 12.0. The third kappa shape index (κ3) is 5.17. The van der Waals surface area contributed by atoms with Crippen molar-refractivity contribution in [1.29, 1.82) is 0 Å². The minimum Gasteiger partial charge on any atom is -0.486 e. The van der Waals surface area contributed by atoms with E-state index in [1.807, 2.05) is 19.1 Å². The van der Waals surface area contributed by atoms with Crippen LogP contribution in [0.4, 0.5) is 4.39 Å². The largest absolute Gasteiger partial charge is 0.486 e. The molecule has 0 saturated carbocycles. The van der Waals surface area contributed by atoms with E-state index >= 15 is 0 Å². The number of amides is 1. The average Bonchev–Trinajstić information content (AvgIpc) is 2.93. The molecule has 6 heteroatoms. The second-order valence-corrected chi connectivity index (χ2v) is 5.78. The molecule has 0 bridgehead atoms. The second kappa shape index (κ2) is 9.01. The van der Waals surface area contributed by atoms with Crippen LogP contribution in [0.25, 0.3) is 0 Å². The molecule has 0 saturated heterocycles. The Kier molecular flexibility index (Phi) is 6.74. The van der Waals surface area contributed by atoms with Gasteiger partial charge < -0.3 is 10.1 Å². The number of carbonyl (C=O) groups is 1. The molecule has 0 spiro atoms. The van der Waals surface area contributed by atoms with Crippen LogP contribution in [0, 0.1) is 12.7 Å². The van der Waals surface area contributed by atoms with Gasteiger partial charge in [0, 0.05) is 19.2 Å². The maximum absolute atomic E-state index is 14.5. The molecule has 0 radical (unpaired) electrons. The minimum absolute atomic E-state index is 0.0811. The SMILES string of the molecule is CCCC=CCOc1cccc(CNC(=O)c2cc(C)nn2C)c1F. The van der Waals surface area contributed by atoms with E-state index in [1.54, 1.807) is 31.3 Å². The van der Waals surface area contributed by atoms with Crippen LogP contribution in [-0.2, 0) is 13.6 Å². The smallest absolute Gasteiger partial charge is 0.269 e. The number of allylic oxidation sites excluding steroid dienone is 1. The number of halogens is 1. The van der Waals surface area contributed by atoms with Gasteiger partial charge in [0.1, 0.15) is 12.3 Å². The van der Waals surface area contributed by atoms with Gasteiger partial charge in [0.05, 0.1) is 5.69 Å². The molecule has 1 aromatic heterocycles. The predicted molar refractivity (Wildman–Crippen MR) is 95.1 cm³/mol. The highest BCUT2D eigenvalue weighted by Gasteiger charge is 2.14. The van der Waals surface area contributed by atoms with Crippen LogP contribution < -0.4 is 10.1 Å².